The molecule has 2 nitrogen and oxygen atoms in total. The lowest BCUT2D eigenvalue weighted by atomic mass is 9.94. The van der Waals surface area contributed by atoms with Gasteiger partial charge in [-0.25, -0.2) is 0 Å². The Morgan fingerprint density at radius 1 is 1.31 bits per heavy atom. The Hall–Kier alpha value is -0.340. The summed E-state index contributed by atoms with van der Waals surface area (Å²) in [5, 5.41) is 19.0. The van der Waals surface area contributed by atoms with E-state index < -0.39 is 11.7 Å². The number of aliphatic hydroxyl groups is 2. The van der Waals surface area contributed by atoms with Crippen molar-refractivity contribution in [1.29, 1.82) is 0 Å². The van der Waals surface area contributed by atoms with Crippen LogP contribution in [0.3, 0.4) is 0 Å². The van der Waals surface area contributed by atoms with Gasteiger partial charge in [0.25, 0.3) is 0 Å². The molecule has 0 spiro atoms. The molecule has 0 aliphatic rings. The van der Waals surface area contributed by atoms with E-state index in [4.69, 9.17) is 0 Å². The van der Waals surface area contributed by atoms with Gasteiger partial charge >= 0.3 is 0 Å². The van der Waals surface area contributed by atoms with E-state index in [-0.39, 0.29) is 0 Å². The zero-order chi connectivity index (χ0) is 10.5. The molecule has 13 heavy (non-hydrogen) atoms. The summed E-state index contributed by atoms with van der Waals surface area (Å²) in [5.74, 6) is 0.474. The second kappa shape index (κ2) is 5.40. The first kappa shape index (κ1) is 12.7. The van der Waals surface area contributed by atoms with E-state index in [2.05, 4.69) is 13.0 Å². The van der Waals surface area contributed by atoms with Gasteiger partial charge in [0.05, 0.1) is 11.7 Å². The number of rotatable bonds is 5. The van der Waals surface area contributed by atoms with E-state index in [0.29, 0.717) is 12.3 Å². The first-order chi connectivity index (χ1) is 5.88. The van der Waals surface area contributed by atoms with Gasteiger partial charge in [0.1, 0.15) is 0 Å². The maximum absolute atomic E-state index is 9.53. The summed E-state index contributed by atoms with van der Waals surface area (Å²) in [4.78, 5) is 0. The SMILES string of the molecule is C/C=C\[C@@H](C)CCC(O)C(C)(C)O. The Morgan fingerprint density at radius 3 is 2.23 bits per heavy atom. The molecule has 0 bridgehead atoms. The fourth-order valence-electron chi connectivity index (χ4n) is 1.20. The molecule has 78 valence electrons. The average Bonchev–Trinajstić information content (AvgIpc) is 1.99. The molecule has 2 N–H and O–H groups in total. The standard InChI is InChI=1S/C11H22O2/c1-5-6-9(2)7-8-10(12)11(3,4)13/h5-6,9-10,12-13H,7-8H2,1-4H3/b6-5-/t9-,10?/m1/s1. The summed E-state index contributed by atoms with van der Waals surface area (Å²) in [5.41, 5.74) is -0.977. The van der Waals surface area contributed by atoms with Crippen LogP contribution in [0.1, 0.15) is 40.5 Å². The first-order valence-corrected chi connectivity index (χ1v) is 4.91. The van der Waals surface area contributed by atoms with Crippen LogP contribution in [0.25, 0.3) is 0 Å². The number of hydrogen-bond donors (Lipinski definition) is 2. The van der Waals surface area contributed by atoms with Crippen molar-refractivity contribution in [3.63, 3.8) is 0 Å². The summed E-state index contributed by atoms with van der Waals surface area (Å²) in [6, 6.07) is 0. The number of hydrogen-bond acceptors (Lipinski definition) is 2. The largest absolute Gasteiger partial charge is 0.390 e. The molecule has 1 unspecified atom stereocenters. The molecular weight excluding hydrogens is 164 g/mol. The molecule has 0 radical (unpaired) electrons. The van der Waals surface area contributed by atoms with Gasteiger partial charge in [-0.15, -0.1) is 0 Å². The fraction of sp³-hybridized carbons (Fsp3) is 0.818. The molecule has 0 rings (SSSR count). The minimum Gasteiger partial charge on any atom is -0.390 e. The van der Waals surface area contributed by atoms with Gasteiger partial charge in [0.15, 0.2) is 0 Å². The minimum atomic E-state index is -0.977. The zero-order valence-electron chi connectivity index (χ0n) is 9.12. The van der Waals surface area contributed by atoms with Crippen LogP contribution in [0.2, 0.25) is 0 Å². The second-order valence-electron chi connectivity index (χ2n) is 4.25. The van der Waals surface area contributed by atoms with Crippen molar-refractivity contribution in [3.8, 4) is 0 Å². The molecule has 0 saturated carbocycles. The van der Waals surface area contributed by atoms with Crippen molar-refractivity contribution in [2.45, 2.75) is 52.2 Å². The smallest absolute Gasteiger partial charge is 0.0849 e. The van der Waals surface area contributed by atoms with Crippen LogP contribution in [0.15, 0.2) is 12.2 Å². The van der Waals surface area contributed by atoms with Crippen LogP contribution in [-0.4, -0.2) is 21.9 Å². The van der Waals surface area contributed by atoms with Crippen LogP contribution in [-0.2, 0) is 0 Å². The first-order valence-electron chi connectivity index (χ1n) is 4.91. The fourth-order valence-corrected chi connectivity index (χ4v) is 1.20. The quantitative estimate of drug-likeness (QED) is 0.646. The molecule has 0 amide bonds. The zero-order valence-corrected chi connectivity index (χ0v) is 9.12. The van der Waals surface area contributed by atoms with E-state index in [0.717, 1.165) is 6.42 Å². The lowest BCUT2D eigenvalue weighted by Crippen LogP contribution is -2.35. The van der Waals surface area contributed by atoms with Gasteiger partial charge in [-0.1, -0.05) is 19.1 Å². The Bertz CT molecular complexity index is 156. The Labute approximate surface area is 81.3 Å². The Morgan fingerprint density at radius 2 is 1.85 bits per heavy atom. The monoisotopic (exact) mass is 186 g/mol. The van der Waals surface area contributed by atoms with Crippen LogP contribution < -0.4 is 0 Å². The normalized spacial score (nSPS) is 17.7. The van der Waals surface area contributed by atoms with E-state index >= 15 is 0 Å². The van der Waals surface area contributed by atoms with Crippen molar-refractivity contribution in [3.05, 3.63) is 12.2 Å². The minimum absolute atomic E-state index is 0.474. The summed E-state index contributed by atoms with van der Waals surface area (Å²) in [6.45, 7) is 7.37. The molecule has 0 fully saturated rings. The van der Waals surface area contributed by atoms with Crippen LogP contribution >= 0.6 is 0 Å². The molecule has 0 aliphatic heterocycles. The van der Waals surface area contributed by atoms with Crippen molar-refractivity contribution in [1.82, 2.24) is 0 Å². The third-order valence-corrected chi connectivity index (χ3v) is 2.23. The van der Waals surface area contributed by atoms with Crippen LogP contribution in [0.4, 0.5) is 0 Å². The Balaban J connectivity index is 3.76. The Kier molecular flexibility index (Phi) is 5.26. The van der Waals surface area contributed by atoms with Crippen molar-refractivity contribution in [2.75, 3.05) is 0 Å². The average molecular weight is 186 g/mol. The molecular formula is C11H22O2. The highest BCUT2D eigenvalue weighted by Gasteiger charge is 2.23. The summed E-state index contributed by atoms with van der Waals surface area (Å²) < 4.78 is 0. The number of allylic oxidation sites excluding steroid dienone is 2. The van der Waals surface area contributed by atoms with Gasteiger partial charge < -0.3 is 10.2 Å². The van der Waals surface area contributed by atoms with E-state index in [1.54, 1.807) is 13.8 Å². The van der Waals surface area contributed by atoms with E-state index in [9.17, 15) is 10.2 Å². The van der Waals surface area contributed by atoms with Gasteiger partial charge in [0, 0.05) is 0 Å². The second-order valence-corrected chi connectivity index (χ2v) is 4.25. The summed E-state index contributed by atoms with van der Waals surface area (Å²) in [6.07, 6.45) is 5.06. The highest BCUT2D eigenvalue weighted by molar-refractivity contribution is 4.85. The van der Waals surface area contributed by atoms with Gasteiger partial charge in [-0.3, -0.25) is 0 Å². The van der Waals surface area contributed by atoms with Crippen LogP contribution in [0.5, 0.6) is 0 Å². The highest BCUT2D eigenvalue weighted by atomic mass is 16.3. The highest BCUT2D eigenvalue weighted by Crippen LogP contribution is 2.17. The molecule has 0 aromatic rings. The molecule has 0 aliphatic carbocycles. The third-order valence-electron chi connectivity index (χ3n) is 2.23. The molecule has 2 heteroatoms. The van der Waals surface area contributed by atoms with E-state index in [1.165, 1.54) is 0 Å². The molecule has 0 aromatic carbocycles. The number of aliphatic hydroxyl groups excluding tert-OH is 1. The lowest BCUT2D eigenvalue weighted by Gasteiger charge is -2.25. The topological polar surface area (TPSA) is 40.5 Å². The van der Waals surface area contributed by atoms with E-state index in [1.807, 2.05) is 13.0 Å². The summed E-state index contributed by atoms with van der Waals surface area (Å²) >= 11 is 0. The van der Waals surface area contributed by atoms with Crippen molar-refractivity contribution in [2.24, 2.45) is 5.92 Å². The van der Waals surface area contributed by atoms with Crippen LogP contribution in [0, 0.1) is 5.92 Å². The van der Waals surface area contributed by atoms with Crippen molar-refractivity contribution >= 4 is 0 Å². The predicted octanol–water partition coefficient (Wildman–Crippen LogP) is 2.11. The molecule has 0 aromatic heterocycles. The maximum Gasteiger partial charge on any atom is 0.0849 e. The lowest BCUT2D eigenvalue weighted by molar-refractivity contribution is -0.0528. The molecule has 0 saturated heterocycles. The van der Waals surface area contributed by atoms with Gasteiger partial charge in [-0.2, -0.15) is 0 Å². The van der Waals surface area contributed by atoms with Gasteiger partial charge in [-0.05, 0) is 39.5 Å². The van der Waals surface area contributed by atoms with Gasteiger partial charge in [0.2, 0.25) is 0 Å². The molecule has 2 atom stereocenters. The predicted molar refractivity (Wildman–Crippen MR) is 55.5 cm³/mol. The molecule has 0 heterocycles. The van der Waals surface area contributed by atoms with Crippen molar-refractivity contribution < 1.29 is 10.2 Å². The maximum atomic E-state index is 9.53. The third kappa shape index (κ3) is 5.83. The summed E-state index contributed by atoms with van der Waals surface area (Å²) in [7, 11) is 0.